The minimum Gasteiger partial charge on any atom is -0.353 e. The summed E-state index contributed by atoms with van der Waals surface area (Å²) in [5.41, 5.74) is 6.95. The molecule has 0 bridgehead atoms. The third kappa shape index (κ3) is 2.93. The Hall–Kier alpha value is -3.51. The van der Waals surface area contributed by atoms with E-state index >= 15 is 0 Å². The molecule has 28 heavy (non-hydrogen) atoms. The summed E-state index contributed by atoms with van der Waals surface area (Å²) in [4.78, 5) is 14.6. The first-order valence-electron chi connectivity index (χ1n) is 9.19. The van der Waals surface area contributed by atoms with E-state index in [0.717, 1.165) is 51.2 Å². The molecule has 0 fully saturated rings. The van der Waals surface area contributed by atoms with Gasteiger partial charge in [-0.3, -0.25) is 15.1 Å². The summed E-state index contributed by atoms with van der Waals surface area (Å²) in [6.45, 7) is 0.842. The number of pyridine rings is 2. The second-order valence-corrected chi connectivity index (χ2v) is 7.28. The Balaban J connectivity index is 1.60. The highest BCUT2D eigenvalue weighted by Crippen LogP contribution is 2.30. The number of aromatic nitrogens is 5. The van der Waals surface area contributed by atoms with E-state index in [0.29, 0.717) is 0 Å². The number of hydrogen-bond acceptors (Lipinski definition) is 4. The van der Waals surface area contributed by atoms with Crippen molar-refractivity contribution in [2.45, 2.75) is 6.54 Å². The number of nitrogens with zero attached hydrogens (tertiary/aromatic N) is 4. The Morgan fingerprint density at radius 1 is 0.964 bits per heavy atom. The fourth-order valence-corrected chi connectivity index (χ4v) is 3.56. The van der Waals surface area contributed by atoms with E-state index in [1.807, 2.05) is 30.7 Å². The maximum Gasteiger partial charge on any atom is 0.116 e. The fourth-order valence-electron chi connectivity index (χ4n) is 3.56. The first kappa shape index (κ1) is 16.6. The summed E-state index contributed by atoms with van der Waals surface area (Å²) in [6, 6.07) is 14.6. The lowest BCUT2D eigenvalue weighted by molar-refractivity contribution is 0.402. The summed E-state index contributed by atoms with van der Waals surface area (Å²) >= 11 is 0. The molecule has 0 saturated heterocycles. The van der Waals surface area contributed by atoms with Gasteiger partial charge >= 0.3 is 0 Å². The topological polar surface area (TPSA) is 73.5 Å². The number of para-hydroxylation sites is 1. The standard InChI is InChI=1S/C22H20N6/c1-28(2)13-14-7-16(11-23-10-14)19-9-17-21(12-24-19)26-27-22(17)20-8-15-5-3-4-6-18(15)25-20/h3-12,25H,13H2,1-2H3,(H,26,27). The zero-order chi connectivity index (χ0) is 19.1. The Kier molecular flexibility index (Phi) is 3.91. The van der Waals surface area contributed by atoms with Crippen LogP contribution in [0.25, 0.3) is 44.5 Å². The normalized spacial score (nSPS) is 11.7. The molecule has 5 aromatic rings. The highest BCUT2D eigenvalue weighted by Gasteiger charge is 2.13. The second-order valence-electron chi connectivity index (χ2n) is 7.28. The van der Waals surface area contributed by atoms with Gasteiger partial charge in [0, 0.05) is 40.8 Å². The molecule has 0 aliphatic heterocycles. The Morgan fingerprint density at radius 2 is 1.86 bits per heavy atom. The molecule has 0 spiro atoms. The maximum atomic E-state index is 4.61. The summed E-state index contributed by atoms with van der Waals surface area (Å²) in [7, 11) is 4.10. The van der Waals surface area contributed by atoms with Gasteiger partial charge in [0.15, 0.2) is 0 Å². The summed E-state index contributed by atoms with van der Waals surface area (Å²) in [5, 5.41) is 9.83. The van der Waals surface area contributed by atoms with Gasteiger partial charge in [-0.15, -0.1) is 0 Å². The van der Waals surface area contributed by atoms with Gasteiger partial charge in [0.05, 0.1) is 23.1 Å². The molecule has 138 valence electrons. The van der Waals surface area contributed by atoms with Crippen molar-refractivity contribution >= 4 is 21.8 Å². The van der Waals surface area contributed by atoms with Gasteiger partial charge in [-0.25, -0.2) is 0 Å². The van der Waals surface area contributed by atoms with E-state index < -0.39 is 0 Å². The van der Waals surface area contributed by atoms with E-state index in [4.69, 9.17) is 0 Å². The molecule has 0 saturated carbocycles. The molecule has 0 radical (unpaired) electrons. The zero-order valence-electron chi connectivity index (χ0n) is 15.8. The highest BCUT2D eigenvalue weighted by atomic mass is 15.1. The van der Waals surface area contributed by atoms with Gasteiger partial charge < -0.3 is 9.88 Å². The third-order valence-corrected chi connectivity index (χ3v) is 4.82. The number of nitrogens with one attached hydrogen (secondary N) is 2. The average Bonchev–Trinajstić information content (AvgIpc) is 3.30. The Labute approximate surface area is 162 Å². The monoisotopic (exact) mass is 368 g/mol. The van der Waals surface area contributed by atoms with Crippen molar-refractivity contribution in [1.82, 2.24) is 30.0 Å². The minimum atomic E-state index is 0.842. The molecule has 5 rings (SSSR count). The number of fused-ring (bicyclic) bond motifs is 2. The van der Waals surface area contributed by atoms with E-state index in [1.54, 1.807) is 0 Å². The predicted octanol–water partition coefficient (Wildman–Crippen LogP) is 4.23. The van der Waals surface area contributed by atoms with Gasteiger partial charge in [-0.05, 0) is 43.9 Å². The molecule has 4 heterocycles. The quantitative estimate of drug-likeness (QED) is 0.498. The van der Waals surface area contributed by atoms with Crippen LogP contribution in [-0.4, -0.2) is 44.1 Å². The smallest absolute Gasteiger partial charge is 0.116 e. The van der Waals surface area contributed by atoms with Crippen LogP contribution in [0.15, 0.2) is 61.1 Å². The largest absolute Gasteiger partial charge is 0.353 e. The van der Waals surface area contributed by atoms with Gasteiger partial charge in [-0.1, -0.05) is 18.2 Å². The van der Waals surface area contributed by atoms with Crippen LogP contribution in [0.1, 0.15) is 5.56 Å². The molecule has 6 nitrogen and oxygen atoms in total. The van der Waals surface area contributed by atoms with Crippen LogP contribution in [0, 0.1) is 0 Å². The SMILES string of the molecule is CN(C)Cc1cncc(-c2cc3c(-c4cc5ccccc5[nH]4)n[nH]c3cn2)c1. The Bertz CT molecular complexity index is 1250. The lowest BCUT2D eigenvalue weighted by atomic mass is 10.1. The van der Waals surface area contributed by atoms with Crippen molar-refractivity contribution in [3.63, 3.8) is 0 Å². The number of H-pyrrole nitrogens is 2. The van der Waals surface area contributed by atoms with Crippen LogP contribution in [0.4, 0.5) is 0 Å². The molecular weight excluding hydrogens is 348 g/mol. The first-order chi connectivity index (χ1) is 13.7. The van der Waals surface area contributed by atoms with Gasteiger partial charge in [0.25, 0.3) is 0 Å². The van der Waals surface area contributed by atoms with Gasteiger partial charge in [0.2, 0.25) is 0 Å². The minimum absolute atomic E-state index is 0.842. The van der Waals surface area contributed by atoms with Crippen LogP contribution < -0.4 is 0 Å². The van der Waals surface area contributed by atoms with Crippen molar-refractivity contribution < 1.29 is 0 Å². The van der Waals surface area contributed by atoms with Gasteiger partial charge in [0.1, 0.15) is 5.69 Å². The molecule has 0 aliphatic carbocycles. The van der Waals surface area contributed by atoms with Gasteiger partial charge in [-0.2, -0.15) is 5.10 Å². The summed E-state index contributed by atoms with van der Waals surface area (Å²) < 4.78 is 0. The third-order valence-electron chi connectivity index (χ3n) is 4.82. The molecule has 0 aliphatic rings. The van der Waals surface area contributed by atoms with Crippen molar-refractivity contribution in [1.29, 1.82) is 0 Å². The average molecular weight is 368 g/mol. The van der Waals surface area contributed by atoms with Crippen LogP contribution in [0.3, 0.4) is 0 Å². The van der Waals surface area contributed by atoms with E-state index in [2.05, 4.69) is 74.5 Å². The van der Waals surface area contributed by atoms with E-state index in [9.17, 15) is 0 Å². The number of benzene rings is 1. The molecule has 0 atom stereocenters. The van der Waals surface area contributed by atoms with Crippen LogP contribution in [0.2, 0.25) is 0 Å². The fraction of sp³-hybridized carbons (Fsp3) is 0.136. The lowest BCUT2D eigenvalue weighted by Gasteiger charge is -2.10. The highest BCUT2D eigenvalue weighted by molar-refractivity contribution is 5.96. The predicted molar refractivity (Wildman–Crippen MR) is 112 cm³/mol. The summed E-state index contributed by atoms with van der Waals surface area (Å²) in [6.07, 6.45) is 5.59. The molecule has 4 aromatic heterocycles. The van der Waals surface area contributed by atoms with Crippen molar-refractivity contribution in [2.24, 2.45) is 0 Å². The van der Waals surface area contributed by atoms with Crippen molar-refractivity contribution in [3.05, 3.63) is 66.6 Å². The molecule has 0 amide bonds. The maximum absolute atomic E-state index is 4.61. The molecule has 0 unspecified atom stereocenters. The van der Waals surface area contributed by atoms with Crippen LogP contribution in [0.5, 0.6) is 0 Å². The number of rotatable bonds is 4. The van der Waals surface area contributed by atoms with E-state index in [-0.39, 0.29) is 0 Å². The van der Waals surface area contributed by atoms with Crippen molar-refractivity contribution in [2.75, 3.05) is 14.1 Å². The zero-order valence-corrected chi connectivity index (χ0v) is 15.8. The number of aromatic amines is 2. The van der Waals surface area contributed by atoms with Crippen molar-refractivity contribution in [3.8, 4) is 22.6 Å². The molecule has 1 aromatic carbocycles. The van der Waals surface area contributed by atoms with E-state index in [1.165, 1.54) is 5.39 Å². The first-order valence-corrected chi connectivity index (χ1v) is 9.19. The Morgan fingerprint density at radius 3 is 2.71 bits per heavy atom. The van der Waals surface area contributed by atoms with Crippen LogP contribution in [-0.2, 0) is 6.54 Å². The molecular formula is C22H20N6. The van der Waals surface area contributed by atoms with Crippen LogP contribution >= 0.6 is 0 Å². The summed E-state index contributed by atoms with van der Waals surface area (Å²) in [5.74, 6) is 0. The number of hydrogen-bond donors (Lipinski definition) is 2. The molecule has 2 N–H and O–H groups in total. The second kappa shape index (κ2) is 6.58. The lowest BCUT2D eigenvalue weighted by Crippen LogP contribution is -2.10. The molecule has 6 heteroatoms.